The molecule has 3 aromatic rings. The summed E-state index contributed by atoms with van der Waals surface area (Å²) < 4.78 is 44.4. The number of rotatable bonds is 15. The summed E-state index contributed by atoms with van der Waals surface area (Å²) in [6.45, 7) is 7.53. The standard InChI is InChI=1S/C36H43F3N4O5/c1-23(2)19-29(41-34(46)30(20-24(3)4)43-35(47)48-22-26-13-9-6-10-14-26)33(45)42-31(21-25-11-7-5-8-12-25)32(44)40-28-17-15-27(16-18-28)36(37,38)39/h5-18,23-24,29-31H,19-22H2,1-4H3,(H,40,44)(H,41,46)(H,42,45)(H,43,47). The van der Waals surface area contributed by atoms with Crippen molar-refractivity contribution in [1.82, 2.24) is 16.0 Å². The van der Waals surface area contributed by atoms with Crippen molar-refractivity contribution in [2.45, 2.75) is 77.9 Å². The van der Waals surface area contributed by atoms with E-state index in [0.717, 1.165) is 35.4 Å². The quantitative estimate of drug-likeness (QED) is 0.153. The highest BCUT2D eigenvalue weighted by molar-refractivity contribution is 5.99. The van der Waals surface area contributed by atoms with Gasteiger partial charge in [0, 0.05) is 12.1 Å². The molecule has 0 aliphatic rings. The van der Waals surface area contributed by atoms with E-state index in [1.807, 2.05) is 45.9 Å². The van der Waals surface area contributed by atoms with Crippen LogP contribution in [0.2, 0.25) is 0 Å². The third kappa shape index (κ3) is 12.7. The highest BCUT2D eigenvalue weighted by Gasteiger charge is 2.32. The SMILES string of the molecule is CC(C)CC(NC(=O)OCc1ccccc1)C(=O)NC(CC(C)C)C(=O)NC(Cc1ccccc1)C(=O)Nc1ccc(C(F)(F)F)cc1. The molecule has 0 saturated heterocycles. The number of anilines is 1. The summed E-state index contributed by atoms with van der Waals surface area (Å²) in [5.41, 5.74) is 0.759. The molecular weight excluding hydrogens is 625 g/mol. The Hall–Kier alpha value is -4.87. The Morgan fingerprint density at radius 1 is 0.625 bits per heavy atom. The van der Waals surface area contributed by atoms with E-state index in [-0.39, 0.29) is 43.4 Å². The molecule has 12 heteroatoms. The summed E-state index contributed by atoms with van der Waals surface area (Å²) in [7, 11) is 0. The molecule has 4 N–H and O–H groups in total. The second-order valence-electron chi connectivity index (χ2n) is 12.4. The molecule has 258 valence electrons. The van der Waals surface area contributed by atoms with Gasteiger partial charge in [0.05, 0.1) is 5.56 Å². The number of nitrogens with one attached hydrogen (secondary N) is 4. The van der Waals surface area contributed by atoms with E-state index >= 15 is 0 Å². The smallest absolute Gasteiger partial charge is 0.416 e. The Bertz CT molecular complexity index is 1480. The minimum atomic E-state index is -4.53. The zero-order valence-electron chi connectivity index (χ0n) is 27.5. The van der Waals surface area contributed by atoms with Gasteiger partial charge in [-0.15, -0.1) is 0 Å². The number of carbonyl (C=O) groups is 4. The third-order valence-electron chi connectivity index (χ3n) is 7.26. The van der Waals surface area contributed by atoms with E-state index < -0.39 is 53.7 Å². The lowest BCUT2D eigenvalue weighted by Gasteiger charge is -2.27. The first-order chi connectivity index (χ1) is 22.7. The number of benzene rings is 3. The van der Waals surface area contributed by atoms with Gasteiger partial charge in [0.25, 0.3) is 0 Å². The number of halogens is 3. The van der Waals surface area contributed by atoms with Crippen molar-refractivity contribution < 1.29 is 37.1 Å². The number of alkyl carbamates (subject to hydrolysis) is 1. The fourth-order valence-electron chi connectivity index (χ4n) is 4.89. The predicted octanol–water partition coefficient (Wildman–Crippen LogP) is 6.24. The van der Waals surface area contributed by atoms with Crippen LogP contribution in [-0.4, -0.2) is 41.9 Å². The third-order valence-corrected chi connectivity index (χ3v) is 7.26. The molecule has 4 amide bonds. The highest BCUT2D eigenvalue weighted by atomic mass is 19.4. The molecule has 0 spiro atoms. The highest BCUT2D eigenvalue weighted by Crippen LogP contribution is 2.29. The zero-order valence-corrected chi connectivity index (χ0v) is 27.5. The van der Waals surface area contributed by atoms with Crippen LogP contribution in [0.5, 0.6) is 0 Å². The van der Waals surface area contributed by atoms with Gasteiger partial charge in [0.2, 0.25) is 17.7 Å². The maximum absolute atomic E-state index is 13.7. The molecule has 9 nitrogen and oxygen atoms in total. The van der Waals surface area contributed by atoms with Crippen molar-refractivity contribution in [2.75, 3.05) is 5.32 Å². The molecule has 3 atom stereocenters. The molecule has 3 rings (SSSR count). The Labute approximate surface area is 279 Å². The van der Waals surface area contributed by atoms with Gasteiger partial charge >= 0.3 is 12.3 Å². The fourth-order valence-corrected chi connectivity index (χ4v) is 4.89. The minimum Gasteiger partial charge on any atom is -0.445 e. The second kappa shape index (κ2) is 17.9. The average molecular weight is 669 g/mol. The average Bonchev–Trinajstić information content (AvgIpc) is 3.03. The van der Waals surface area contributed by atoms with E-state index in [1.54, 1.807) is 42.5 Å². The summed E-state index contributed by atoms with van der Waals surface area (Å²) in [4.78, 5) is 53.3. The van der Waals surface area contributed by atoms with E-state index in [4.69, 9.17) is 4.74 Å². The fraction of sp³-hybridized carbons (Fsp3) is 0.389. The maximum Gasteiger partial charge on any atom is 0.416 e. The van der Waals surface area contributed by atoms with Crippen LogP contribution in [0.25, 0.3) is 0 Å². The van der Waals surface area contributed by atoms with E-state index in [1.165, 1.54) is 0 Å². The number of hydrogen-bond acceptors (Lipinski definition) is 5. The molecule has 0 aromatic heterocycles. The lowest BCUT2D eigenvalue weighted by atomic mass is 9.99. The lowest BCUT2D eigenvalue weighted by molar-refractivity contribution is -0.137. The molecule has 0 bridgehead atoms. The van der Waals surface area contributed by atoms with Gasteiger partial charge < -0.3 is 26.0 Å². The molecule has 0 fully saturated rings. The normalized spacial score (nSPS) is 13.3. The number of hydrogen-bond donors (Lipinski definition) is 4. The van der Waals surface area contributed by atoms with E-state index in [0.29, 0.717) is 0 Å². The number of carbonyl (C=O) groups excluding carboxylic acids is 4. The van der Waals surface area contributed by atoms with Gasteiger partial charge in [-0.05, 0) is 60.1 Å². The van der Waals surface area contributed by atoms with Crippen LogP contribution in [0, 0.1) is 11.8 Å². The first kappa shape index (κ1) is 37.6. The molecule has 0 radical (unpaired) electrons. The van der Waals surface area contributed by atoms with Gasteiger partial charge in [-0.1, -0.05) is 88.4 Å². The first-order valence-electron chi connectivity index (χ1n) is 15.8. The summed E-state index contributed by atoms with van der Waals surface area (Å²) in [5, 5.41) is 10.7. The molecule has 0 aliphatic carbocycles. The van der Waals surface area contributed by atoms with Crippen LogP contribution in [0.1, 0.15) is 57.2 Å². The van der Waals surface area contributed by atoms with Gasteiger partial charge in [-0.3, -0.25) is 14.4 Å². The number of amides is 4. The van der Waals surface area contributed by atoms with Crippen LogP contribution in [0.3, 0.4) is 0 Å². The zero-order chi connectivity index (χ0) is 35.3. The molecular formula is C36H43F3N4O5. The van der Waals surface area contributed by atoms with Crippen molar-refractivity contribution in [2.24, 2.45) is 11.8 Å². The number of alkyl halides is 3. The van der Waals surface area contributed by atoms with E-state index in [2.05, 4.69) is 21.3 Å². The van der Waals surface area contributed by atoms with Gasteiger partial charge in [-0.25, -0.2) is 4.79 Å². The summed E-state index contributed by atoms with van der Waals surface area (Å²) in [6, 6.07) is 18.7. The van der Waals surface area contributed by atoms with Crippen LogP contribution in [0.15, 0.2) is 84.9 Å². The van der Waals surface area contributed by atoms with Gasteiger partial charge in [0.15, 0.2) is 0 Å². The van der Waals surface area contributed by atoms with Crippen molar-refractivity contribution in [3.8, 4) is 0 Å². The minimum absolute atomic E-state index is 0.0108. The van der Waals surface area contributed by atoms with Crippen LogP contribution in [-0.2, 0) is 38.3 Å². The van der Waals surface area contributed by atoms with Gasteiger partial charge in [0.1, 0.15) is 24.7 Å². The Balaban J connectivity index is 1.75. The lowest BCUT2D eigenvalue weighted by Crippen LogP contribution is -2.57. The topological polar surface area (TPSA) is 126 Å². The molecule has 0 heterocycles. The van der Waals surface area contributed by atoms with Crippen LogP contribution >= 0.6 is 0 Å². The van der Waals surface area contributed by atoms with Crippen molar-refractivity contribution in [3.05, 3.63) is 102 Å². The molecule has 0 aliphatic heterocycles. The molecule has 48 heavy (non-hydrogen) atoms. The van der Waals surface area contributed by atoms with Gasteiger partial charge in [-0.2, -0.15) is 13.2 Å². The monoisotopic (exact) mass is 668 g/mol. The molecule has 3 aromatic carbocycles. The van der Waals surface area contributed by atoms with Crippen molar-refractivity contribution >= 4 is 29.5 Å². The van der Waals surface area contributed by atoms with E-state index in [9.17, 15) is 32.3 Å². The molecule has 0 saturated carbocycles. The first-order valence-corrected chi connectivity index (χ1v) is 15.8. The Kier molecular flexibility index (Phi) is 14.0. The number of ether oxygens (including phenoxy) is 1. The Morgan fingerprint density at radius 2 is 1.10 bits per heavy atom. The predicted molar refractivity (Wildman–Crippen MR) is 177 cm³/mol. The summed E-state index contributed by atoms with van der Waals surface area (Å²) in [6.07, 6.45) is -4.75. The second-order valence-corrected chi connectivity index (χ2v) is 12.4. The van der Waals surface area contributed by atoms with Crippen LogP contribution in [0.4, 0.5) is 23.7 Å². The maximum atomic E-state index is 13.7. The van der Waals surface area contributed by atoms with Crippen molar-refractivity contribution in [1.29, 1.82) is 0 Å². The van der Waals surface area contributed by atoms with Crippen LogP contribution < -0.4 is 21.3 Å². The summed E-state index contributed by atoms with van der Waals surface area (Å²) in [5.74, 6) is -1.90. The van der Waals surface area contributed by atoms with Crippen molar-refractivity contribution in [3.63, 3.8) is 0 Å². The Morgan fingerprint density at radius 3 is 1.60 bits per heavy atom. The molecule has 3 unspecified atom stereocenters. The summed E-state index contributed by atoms with van der Waals surface area (Å²) >= 11 is 0. The largest absolute Gasteiger partial charge is 0.445 e.